The number of esters is 1. The second-order valence-corrected chi connectivity index (χ2v) is 8.83. The van der Waals surface area contributed by atoms with Crippen LogP contribution in [0.15, 0.2) is 36.4 Å². The van der Waals surface area contributed by atoms with Crippen LogP contribution in [0.5, 0.6) is 0 Å². The van der Waals surface area contributed by atoms with Crippen molar-refractivity contribution in [2.24, 2.45) is 5.41 Å². The molecule has 0 saturated carbocycles. The maximum atomic E-state index is 12.0. The lowest BCUT2D eigenvalue weighted by molar-refractivity contribution is 0.0600. The van der Waals surface area contributed by atoms with E-state index in [9.17, 15) is 4.79 Å². The van der Waals surface area contributed by atoms with E-state index in [0.717, 1.165) is 44.0 Å². The number of nitrogens with one attached hydrogen (secondary N) is 1. The molecule has 2 heterocycles. The lowest BCUT2D eigenvalue weighted by atomic mass is 9.72. The van der Waals surface area contributed by atoms with Gasteiger partial charge < -0.3 is 19.7 Å². The van der Waals surface area contributed by atoms with Crippen LogP contribution in [0.1, 0.15) is 41.4 Å². The Kier molecular flexibility index (Phi) is 5.45. The molecule has 0 amide bonds. The zero-order valence-electron chi connectivity index (χ0n) is 17.1. The summed E-state index contributed by atoms with van der Waals surface area (Å²) in [6.45, 7) is 7.85. The first-order valence-corrected chi connectivity index (χ1v) is 10.4. The third-order valence-corrected chi connectivity index (χ3v) is 6.19. The Morgan fingerprint density at radius 3 is 2.72 bits per heavy atom. The fourth-order valence-electron chi connectivity index (χ4n) is 4.39. The molecule has 29 heavy (non-hydrogen) atoms. The van der Waals surface area contributed by atoms with Gasteiger partial charge in [-0.25, -0.2) is 4.79 Å². The summed E-state index contributed by atoms with van der Waals surface area (Å²) >= 11 is 6.55. The van der Waals surface area contributed by atoms with E-state index in [1.807, 2.05) is 6.07 Å². The van der Waals surface area contributed by atoms with Crippen molar-refractivity contribution in [3.8, 4) is 0 Å². The van der Waals surface area contributed by atoms with Crippen LogP contribution in [0.4, 0.5) is 11.4 Å². The van der Waals surface area contributed by atoms with Gasteiger partial charge >= 0.3 is 5.97 Å². The summed E-state index contributed by atoms with van der Waals surface area (Å²) in [5, 5.41) is 4.21. The average Bonchev–Trinajstić information content (AvgIpc) is 2.72. The number of carbonyl (C=O) groups is 1. The molecule has 1 fully saturated rings. The molecule has 0 radical (unpaired) electrons. The summed E-state index contributed by atoms with van der Waals surface area (Å²) in [6.07, 6.45) is 0.812. The van der Waals surface area contributed by atoms with Crippen LogP contribution in [0, 0.1) is 5.41 Å². The van der Waals surface area contributed by atoms with Crippen molar-refractivity contribution >= 4 is 28.9 Å². The molecular formula is C23H27ClN2O3. The molecule has 4 rings (SSSR count). The van der Waals surface area contributed by atoms with Gasteiger partial charge in [0.25, 0.3) is 0 Å². The molecule has 1 atom stereocenters. The van der Waals surface area contributed by atoms with Crippen molar-refractivity contribution in [2.45, 2.75) is 26.3 Å². The maximum Gasteiger partial charge on any atom is 0.337 e. The SMILES string of the molecule is COC(=O)c1cc(Cl)c2c(c1)CC(C)(C)C(c1cccc(N3CCOCC3)c1)N2. The largest absolute Gasteiger partial charge is 0.465 e. The van der Waals surface area contributed by atoms with Crippen LogP contribution in [-0.2, 0) is 15.9 Å². The molecule has 1 N–H and O–H groups in total. The molecule has 2 aromatic carbocycles. The van der Waals surface area contributed by atoms with Gasteiger partial charge in [0, 0.05) is 18.8 Å². The van der Waals surface area contributed by atoms with Gasteiger partial charge in [-0.15, -0.1) is 0 Å². The number of anilines is 2. The van der Waals surface area contributed by atoms with E-state index in [4.69, 9.17) is 21.1 Å². The first-order valence-electron chi connectivity index (χ1n) is 9.99. The van der Waals surface area contributed by atoms with E-state index in [2.05, 4.69) is 48.3 Å². The summed E-state index contributed by atoms with van der Waals surface area (Å²) in [7, 11) is 1.38. The molecule has 154 valence electrons. The number of methoxy groups -OCH3 is 1. The Bertz CT molecular complexity index is 922. The molecule has 0 spiro atoms. The minimum absolute atomic E-state index is 0.0608. The third-order valence-electron chi connectivity index (χ3n) is 5.89. The van der Waals surface area contributed by atoms with Gasteiger partial charge in [0.05, 0.1) is 42.6 Å². The molecule has 1 unspecified atom stereocenters. The van der Waals surface area contributed by atoms with Gasteiger partial charge in [-0.2, -0.15) is 0 Å². The first-order chi connectivity index (χ1) is 13.9. The number of benzene rings is 2. The van der Waals surface area contributed by atoms with E-state index in [0.29, 0.717) is 10.6 Å². The second kappa shape index (κ2) is 7.88. The van der Waals surface area contributed by atoms with Crippen molar-refractivity contribution in [1.29, 1.82) is 0 Å². The molecule has 0 bridgehead atoms. The molecule has 2 aliphatic heterocycles. The summed E-state index contributed by atoms with van der Waals surface area (Å²) in [5.74, 6) is -0.368. The van der Waals surface area contributed by atoms with Gasteiger partial charge in [0.2, 0.25) is 0 Å². The Balaban J connectivity index is 1.67. The second-order valence-electron chi connectivity index (χ2n) is 8.42. The molecule has 2 aliphatic rings. The lowest BCUT2D eigenvalue weighted by Crippen LogP contribution is -2.37. The van der Waals surface area contributed by atoms with Crippen molar-refractivity contribution < 1.29 is 14.3 Å². The molecule has 5 nitrogen and oxygen atoms in total. The minimum Gasteiger partial charge on any atom is -0.465 e. The van der Waals surface area contributed by atoms with Gasteiger partial charge in [-0.1, -0.05) is 37.6 Å². The highest BCUT2D eigenvalue weighted by Crippen LogP contribution is 2.47. The third kappa shape index (κ3) is 3.94. The zero-order chi connectivity index (χ0) is 20.6. The quantitative estimate of drug-likeness (QED) is 0.738. The highest BCUT2D eigenvalue weighted by Gasteiger charge is 2.37. The average molecular weight is 415 g/mol. The number of fused-ring (bicyclic) bond motifs is 1. The normalized spacial score (nSPS) is 20.6. The maximum absolute atomic E-state index is 12.0. The topological polar surface area (TPSA) is 50.8 Å². The van der Waals surface area contributed by atoms with E-state index in [1.165, 1.54) is 18.4 Å². The zero-order valence-corrected chi connectivity index (χ0v) is 17.9. The van der Waals surface area contributed by atoms with Crippen molar-refractivity contribution in [2.75, 3.05) is 43.6 Å². The highest BCUT2D eigenvalue weighted by molar-refractivity contribution is 6.33. The fraction of sp³-hybridized carbons (Fsp3) is 0.435. The number of nitrogens with zero attached hydrogens (tertiary/aromatic N) is 1. The van der Waals surface area contributed by atoms with E-state index < -0.39 is 0 Å². The monoisotopic (exact) mass is 414 g/mol. The van der Waals surface area contributed by atoms with Crippen LogP contribution in [0.25, 0.3) is 0 Å². The Morgan fingerprint density at radius 1 is 1.24 bits per heavy atom. The number of carbonyl (C=O) groups excluding carboxylic acids is 1. The molecule has 2 aromatic rings. The van der Waals surface area contributed by atoms with Crippen LogP contribution in [0.3, 0.4) is 0 Å². The number of rotatable bonds is 3. The Hall–Kier alpha value is -2.24. The van der Waals surface area contributed by atoms with Gasteiger partial charge in [-0.3, -0.25) is 0 Å². The van der Waals surface area contributed by atoms with Gasteiger partial charge in [0.1, 0.15) is 0 Å². The predicted molar refractivity (Wildman–Crippen MR) is 116 cm³/mol. The Morgan fingerprint density at radius 2 is 2.00 bits per heavy atom. The number of halogens is 1. The van der Waals surface area contributed by atoms with Crippen molar-refractivity contribution in [1.82, 2.24) is 0 Å². The standard InChI is InChI=1S/C23H27ClN2O3/c1-23(2)14-17-11-16(22(27)28-3)13-19(24)20(17)25-21(23)15-5-4-6-18(12-15)26-7-9-29-10-8-26/h4-6,11-13,21,25H,7-10,14H2,1-3H3. The fourth-order valence-corrected chi connectivity index (χ4v) is 4.68. The van der Waals surface area contributed by atoms with E-state index in [-0.39, 0.29) is 17.4 Å². The van der Waals surface area contributed by atoms with Crippen LogP contribution in [0.2, 0.25) is 5.02 Å². The Labute approximate surface area is 176 Å². The van der Waals surface area contributed by atoms with E-state index >= 15 is 0 Å². The molecule has 0 aromatic heterocycles. The summed E-state index contributed by atoms with van der Waals surface area (Å²) < 4.78 is 10.4. The number of hydrogen-bond donors (Lipinski definition) is 1. The summed E-state index contributed by atoms with van der Waals surface area (Å²) in [5.41, 5.74) is 4.83. The number of hydrogen-bond acceptors (Lipinski definition) is 5. The van der Waals surface area contributed by atoms with Crippen LogP contribution < -0.4 is 10.2 Å². The van der Waals surface area contributed by atoms with Crippen molar-refractivity contribution in [3.63, 3.8) is 0 Å². The molecular weight excluding hydrogens is 388 g/mol. The number of morpholine rings is 1. The summed E-state index contributed by atoms with van der Waals surface area (Å²) in [4.78, 5) is 14.3. The van der Waals surface area contributed by atoms with E-state index in [1.54, 1.807) is 6.07 Å². The van der Waals surface area contributed by atoms with Crippen molar-refractivity contribution in [3.05, 3.63) is 58.1 Å². The van der Waals surface area contributed by atoms with Crippen LogP contribution in [-0.4, -0.2) is 39.4 Å². The van der Waals surface area contributed by atoms with Crippen LogP contribution >= 0.6 is 11.6 Å². The molecule has 6 heteroatoms. The summed E-state index contributed by atoms with van der Waals surface area (Å²) in [6, 6.07) is 12.4. The predicted octanol–water partition coefficient (Wildman–Crippen LogP) is 4.70. The molecule has 0 aliphatic carbocycles. The molecule has 1 saturated heterocycles. The minimum atomic E-state index is -0.368. The lowest BCUT2D eigenvalue weighted by Gasteiger charge is -2.42. The number of ether oxygens (including phenoxy) is 2. The first kappa shape index (κ1) is 20.0. The smallest absolute Gasteiger partial charge is 0.337 e. The van der Waals surface area contributed by atoms with Gasteiger partial charge in [-0.05, 0) is 47.2 Å². The highest BCUT2D eigenvalue weighted by atomic mass is 35.5. The van der Waals surface area contributed by atoms with Gasteiger partial charge in [0.15, 0.2) is 0 Å².